The SMILES string of the molecule is CNS(=O)(=O)c1ccc(Nc2ncc(C(F)(F)F)c(NC3CCC(N)CC3)n2)cn1. The lowest BCUT2D eigenvalue weighted by Gasteiger charge is -2.28. The van der Waals surface area contributed by atoms with Crippen molar-refractivity contribution in [1.82, 2.24) is 19.7 Å². The first-order valence-electron chi connectivity index (χ1n) is 9.21. The van der Waals surface area contributed by atoms with E-state index in [1.807, 2.05) is 0 Å². The Morgan fingerprint density at radius 3 is 2.37 bits per heavy atom. The third kappa shape index (κ3) is 5.34. The van der Waals surface area contributed by atoms with E-state index in [9.17, 15) is 21.6 Å². The van der Waals surface area contributed by atoms with Crippen LogP contribution in [-0.2, 0) is 16.2 Å². The van der Waals surface area contributed by atoms with Gasteiger partial charge in [0.05, 0.1) is 11.9 Å². The van der Waals surface area contributed by atoms with Gasteiger partial charge in [0.2, 0.25) is 5.95 Å². The van der Waals surface area contributed by atoms with Gasteiger partial charge < -0.3 is 16.4 Å². The number of hydrogen-bond donors (Lipinski definition) is 4. The van der Waals surface area contributed by atoms with Gasteiger partial charge in [0.1, 0.15) is 11.4 Å². The van der Waals surface area contributed by atoms with Crippen molar-refractivity contribution < 1.29 is 21.6 Å². The molecule has 0 aromatic carbocycles. The third-order valence-corrected chi connectivity index (χ3v) is 6.07. The Labute approximate surface area is 171 Å². The van der Waals surface area contributed by atoms with E-state index in [0.717, 1.165) is 12.8 Å². The quantitative estimate of drug-likeness (QED) is 0.532. The van der Waals surface area contributed by atoms with Crippen molar-refractivity contribution in [2.24, 2.45) is 5.73 Å². The second kappa shape index (κ2) is 8.70. The fourth-order valence-electron chi connectivity index (χ4n) is 3.06. The highest BCUT2D eigenvalue weighted by Crippen LogP contribution is 2.35. The van der Waals surface area contributed by atoms with Crippen molar-refractivity contribution in [1.29, 1.82) is 0 Å². The number of pyridine rings is 1. The summed E-state index contributed by atoms with van der Waals surface area (Å²) in [4.78, 5) is 11.5. The van der Waals surface area contributed by atoms with Crippen LogP contribution in [0.25, 0.3) is 0 Å². The fourth-order valence-corrected chi connectivity index (χ4v) is 3.71. The molecule has 9 nitrogen and oxygen atoms in total. The minimum Gasteiger partial charge on any atom is -0.367 e. The van der Waals surface area contributed by atoms with Crippen LogP contribution < -0.4 is 21.1 Å². The van der Waals surface area contributed by atoms with Gasteiger partial charge in [0.25, 0.3) is 10.0 Å². The number of hydrogen-bond acceptors (Lipinski definition) is 8. The molecule has 0 spiro atoms. The average molecular weight is 445 g/mol. The molecule has 1 aliphatic carbocycles. The molecule has 0 radical (unpaired) electrons. The second-order valence-corrected chi connectivity index (χ2v) is 8.76. The summed E-state index contributed by atoms with van der Waals surface area (Å²) in [6.45, 7) is 0. The molecule has 0 saturated heterocycles. The maximum absolute atomic E-state index is 13.4. The number of halogens is 3. The maximum atomic E-state index is 13.4. The molecule has 1 fully saturated rings. The highest BCUT2D eigenvalue weighted by Gasteiger charge is 2.36. The van der Waals surface area contributed by atoms with E-state index >= 15 is 0 Å². The van der Waals surface area contributed by atoms with E-state index in [2.05, 4.69) is 30.3 Å². The summed E-state index contributed by atoms with van der Waals surface area (Å²) in [6.07, 6.45) is 0.0651. The molecule has 1 aliphatic rings. The van der Waals surface area contributed by atoms with E-state index in [1.54, 1.807) is 0 Å². The molecular weight excluding hydrogens is 423 g/mol. The number of anilines is 3. The molecule has 164 valence electrons. The Balaban J connectivity index is 1.82. The van der Waals surface area contributed by atoms with Gasteiger partial charge in [0.15, 0.2) is 5.03 Å². The molecule has 5 N–H and O–H groups in total. The minimum atomic E-state index is -4.61. The zero-order valence-corrected chi connectivity index (χ0v) is 16.9. The van der Waals surface area contributed by atoms with E-state index in [4.69, 9.17) is 5.73 Å². The van der Waals surface area contributed by atoms with Crippen LogP contribution >= 0.6 is 0 Å². The number of nitrogens with two attached hydrogens (primary N) is 1. The van der Waals surface area contributed by atoms with E-state index in [0.29, 0.717) is 24.7 Å². The predicted molar refractivity (Wildman–Crippen MR) is 105 cm³/mol. The van der Waals surface area contributed by atoms with Crippen molar-refractivity contribution in [3.63, 3.8) is 0 Å². The molecule has 0 bridgehead atoms. The number of sulfonamides is 1. The van der Waals surface area contributed by atoms with Gasteiger partial charge >= 0.3 is 6.18 Å². The van der Waals surface area contributed by atoms with Crippen molar-refractivity contribution in [3.05, 3.63) is 30.1 Å². The number of nitrogens with one attached hydrogen (secondary N) is 3. The smallest absolute Gasteiger partial charge is 0.367 e. The topological polar surface area (TPSA) is 135 Å². The first kappa shape index (κ1) is 22.2. The van der Waals surface area contributed by atoms with Crippen LogP contribution in [0.1, 0.15) is 31.2 Å². The molecule has 2 aromatic heterocycles. The number of nitrogens with zero attached hydrogens (tertiary/aromatic N) is 3. The van der Waals surface area contributed by atoms with E-state index in [-0.39, 0.29) is 28.9 Å². The summed E-state index contributed by atoms with van der Waals surface area (Å²) < 4.78 is 65.7. The van der Waals surface area contributed by atoms with Crippen LogP contribution in [0, 0.1) is 0 Å². The van der Waals surface area contributed by atoms with Gasteiger partial charge in [-0.05, 0) is 44.9 Å². The molecule has 3 rings (SSSR count). The summed E-state index contributed by atoms with van der Waals surface area (Å²) in [5, 5.41) is 5.41. The Hall–Kier alpha value is -2.51. The molecule has 13 heteroatoms. The lowest BCUT2D eigenvalue weighted by Crippen LogP contribution is -2.33. The summed E-state index contributed by atoms with van der Waals surface area (Å²) in [6, 6.07) is 2.56. The maximum Gasteiger partial charge on any atom is 0.421 e. The van der Waals surface area contributed by atoms with Crippen molar-refractivity contribution >= 4 is 27.5 Å². The Bertz CT molecular complexity index is 976. The van der Waals surface area contributed by atoms with Crippen molar-refractivity contribution in [2.75, 3.05) is 17.7 Å². The van der Waals surface area contributed by atoms with Gasteiger partial charge in [-0.2, -0.15) is 18.2 Å². The molecule has 30 heavy (non-hydrogen) atoms. The second-order valence-electron chi connectivity index (χ2n) is 6.93. The predicted octanol–water partition coefficient (Wildman–Crippen LogP) is 2.22. The third-order valence-electron chi connectivity index (χ3n) is 4.74. The summed E-state index contributed by atoms with van der Waals surface area (Å²) in [5.41, 5.74) is 5.21. The Morgan fingerprint density at radius 1 is 1.10 bits per heavy atom. The molecule has 0 atom stereocenters. The number of rotatable bonds is 6. The lowest BCUT2D eigenvalue weighted by molar-refractivity contribution is -0.137. The first-order valence-corrected chi connectivity index (χ1v) is 10.7. The highest BCUT2D eigenvalue weighted by atomic mass is 32.2. The zero-order valence-electron chi connectivity index (χ0n) is 16.1. The van der Waals surface area contributed by atoms with Crippen LogP contribution in [0.4, 0.5) is 30.6 Å². The summed E-state index contributed by atoms with van der Waals surface area (Å²) in [5.74, 6) is -0.396. The van der Waals surface area contributed by atoms with Crippen LogP contribution in [0.5, 0.6) is 0 Å². The van der Waals surface area contributed by atoms with Crippen molar-refractivity contribution in [2.45, 2.75) is 49.0 Å². The summed E-state index contributed by atoms with van der Waals surface area (Å²) in [7, 11) is -2.44. The summed E-state index contributed by atoms with van der Waals surface area (Å²) >= 11 is 0. The monoisotopic (exact) mass is 445 g/mol. The largest absolute Gasteiger partial charge is 0.421 e. The fraction of sp³-hybridized carbons (Fsp3) is 0.471. The van der Waals surface area contributed by atoms with Gasteiger partial charge in [0, 0.05) is 18.3 Å². The normalized spacial score (nSPS) is 20.0. The number of alkyl halides is 3. The van der Waals surface area contributed by atoms with Crippen LogP contribution in [0.2, 0.25) is 0 Å². The molecule has 0 amide bonds. The van der Waals surface area contributed by atoms with Crippen LogP contribution in [0.15, 0.2) is 29.6 Å². The molecule has 0 aliphatic heterocycles. The van der Waals surface area contributed by atoms with E-state index in [1.165, 1.54) is 25.4 Å². The van der Waals surface area contributed by atoms with Gasteiger partial charge in [-0.25, -0.2) is 23.1 Å². The average Bonchev–Trinajstić information content (AvgIpc) is 2.69. The minimum absolute atomic E-state index is 0.0648. The van der Waals surface area contributed by atoms with Crippen LogP contribution in [0.3, 0.4) is 0 Å². The van der Waals surface area contributed by atoms with Gasteiger partial charge in [-0.3, -0.25) is 0 Å². The zero-order chi connectivity index (χ0) is 21.9. The molecule has 0 unspecified atom stereocenters. The van der Waals surface area contributed by atoms with Gasteiger partial charge in [-0.15, -0.1) is 0 Å². The standard InChI is InChI=1S/C17H22F3N7O2S/c1-22-30(28,29)14-7-6-12(8-23-14)26-16-24-9-13(17(18,19)20)15(27-16)25-11-4-2-10(21)3-5-11/h6-11,22H,2-5,21H2,1H3,(H2,24,25,26,27). The molecule has 1 saturated carbocycles. The number of aromatic nitrogens is 3. The Morgan fingerprint density at radius 2 is 1.80 bits per heavy atom. The van der Waals surface area contributed by atoms with Crippen molar-refractivity contribution in [3.8, 4) is 0 Å². The van der Waals surface area contributed by atoms with E-state index < -0.39 is 21.8 Å². The van der Waals surface area contributed by atoms with Gasteiger partial charge in [-0.1, -0.05) is 0 Å². The molecular formula is C17H22F3N7O2S. The highest BCUT2D eigenvalue weighted by molar-refractivity contribution is 7.89. The molecule has 2 aromatic rings. The lowest BCUT2D eigenvalue weighted by atomic mass is 9.92. The molecule has 2 heterocycles. The van der Waals surface area contributed by atoms with Crippen LogP contribution in [-0.4, -0.2) is 42.5 Å². The Kier molecular flexibility index (Phi) is 6.43. The first-order chi connectivity index (χ1) is 14.1.